The first-order chi connectivity index (χ1) is 3.80. The quantitative estimate of drug-likeness (QED) is 0.446. The van der Waals surface area contributed by atoms with Crippen LogP contribution in [0.5, 0.6) is 0 Å². The van der Waals surface area contributed by atoms with E-state index in [1.54, 1.807) is 12.3 Å². The van der Waals surface area contributed by atoms with Gasteiger partial charge in [-0.2, -0.15) is 0 Å². The molecule has 0 aromatic carbocycles. The molecule has 3 nitrogen and oxygen atoms in total. The van der Waals surface area contributed by atoms with Crippen molar-refractivity contribution in [1.29, 1.82) is 0 Å². The smallest absolute Gasteiger partial charge is 0.260 e. The number of carbonyl (C=O) groups excluding carboxylic acids is 1. The van der Waals surface area contributed by atoms with Gasteiger partial charge in [0.15, 0.2) is 0 Å². The third kappa shape index (κ3) is 0.924. The van der Waals surface area contributed by atoms with Gasteiger partial charge in [-0.25, -0.2) is 0 Å². The van der Waals surface area contributed by atoms with Gasteiger partial charge in [0.05, 0.1) is 0 Å². The van der Waals surface area contributed by atoms with Gasteiger partial charge in [-0.3, -0.25) is 10.2 Å². The van der Waals surface area contributed by atoms with Crippen LogP contribution in [0.2, 0.25) is 0 Å². The van der Waals surface area contributed by atoms with Crippen molar-refractivity contribution in [1.82, 2.24) is 10.9 Å². The molecule has 4 heteroatoms. The van der Waals surface area contributed by atoms with Gasteiger partial charge in [0.25, 0.3) is 5.91 Å². The van der Waals surface area contributed by atoms with Crippen LogP contribution in [0.15, 0.2) is 12.3 Å². The lowest BCUT2D eigenvalue weighted by Gasteiger charge is -2.10. The van der Waals surface area contributed by atoms with Gasteiger partial charge in [0, 0.05) is 6.20 Å². The molecule has 1 heterocycles. The van der Waals surface area contributed by atoms with Crippen molar-refractivity contribution in [3.8, 4) is 0 Å². The van der Waals surface area contributed by atoms with E-state index in [9.17, 15) is 4.79 Å². The normalized spacial score (nSPS) is 26.6. The lowest BCUT2D eigenvalue weighted by atomic mass is 10.4. The third-order valence-corrected chi connectivity index (χ3v) is 1.14. The minimum atomic E-state index is -0.517. The second kappa shape index (κ2) is 2.05. The molecule has 0 fully saturated rings. The maximum absolute atomic E-state index is 10.4. The molecule has 1 aliphatic rings. The topological polar surface area (TPSA) is 41.1 Å². The molecule has 8 heavy (non-hydrogen) atoms. The molecule has 1 atom stereocenters. The number of carbonyl (C=O) groups is 1. The molecular weight excluding hydrogens is 128 g/mol. The molecule has 0 spiro atoms. The Labute approximate surface area is 51.7 Å². The summed E-state index contributed by atoms with van der Waals surface area (Å²) in [6, 6.07) is 0. The second-order valence-corrected chi connectivity index (χ2v) is 1.86. The van der Waals surface area contributed by atoms with Crippen molar-refractivity contribution in [2.75, 3.05) is 0 Å². The predicted molar refractivity (Wildman–Crippen MR) is 30.1 cm³/mol. The van der Waals surface area contributed by atoms with Gasteiger partial charge in [-0.15, -0.1) is 11.6 Å². The van der Waals surface area contributed by atoms with Crippen molar-refractivity contribution < 1.29 is 4.79 Å². The summed E-state index contributed by atoms with van der Waals surface area (Å²) in [6.45, 7) is 0. The SMILES string of the molecule is O=C1NNC=CC1Cl. The molecule has 1 amide bonds. The van der Waals surface area contributed by atoms with Crippen LogP contribution in [-0.2, 0) is 4.79 Å². The fourth-order valence-corrected chi connectivity index (χ4v) is 0.529. The highest BCUT2D eigenvalue weighted by Gasteiger charge is 2.12. The summed E-state index contributed by atoms with van der Waals surface area (Å²) in [7, 11) is 0. The zero-order valence-corrected chi connectivity index (χ0v) is 4.77. The highest BCUT2D eigenvalue weighted by molar-refractivity contribution is 6.32. The van der Waals surface area contributed by atoms with Gasteiger partial charge in [-0.1, -0.05) is 0 Å². The summed E-state index contributed by atoms with van der Waals surface area (Å²) in [5.41, 5.74) is 4.82. The highest BCUT2D eigenvalue weighted by atomic mass is 35.5. The summed E-state index contributed by atoms with van der Waals surface area (Å²) in [4.78, 5) is 10.4. The number of halogens is 1. The Bertz CT molecular complexity index is 134. The van der Waals surface area contributed by atoms with Crippen LogP contribution in [0.4, 0.5) is 0 Å². The van der Waals surface area contributed by atoms with E-state index in [0.29, 0.717) is 0 Å². The fraction of sp³-hybridized carbons (Fsp3) is 0.250. The van der Waals surface area contributed by atoms with Crippen molar-refractivity contribution in [3.63, 3.8) is 0 Å². The van der Waals surface area contributed by atoms with E-state index in [1.165, 1.54) is 0 Å². The standard InChI is InChI=1S/C4H5ClN2O/c5-3-1-2-6-7-4(3)8/h1-3,6H,(H,7,8). The molecule has 1 rings (SSSR count). The number of alkyl halides is 1. The first-order valence-corrected chi connectivity index (χ1v) is 2.60. The minimum absolute atomic E-state index is 0.214. The number of rotatable bonds is 0. The van der Waals surface area contributed by atoms with E-state index in [4.69, 9.17) is 11.6 Å². The maximum atomic E-state index is 10.4. The monoisotopic (exact) mass is 132 g/mol. The fourth-order valence-electron chi connectivity index (χ4n) is 0.402. The number of hydrogen-bond donors (Lipinski definition) is 2. The Hall–Kier alpha value is -0.700. The van der Waals surface area contributed by atoms with E-state index >= 15 is 0 Å². The lowest BCUT2D eigenvalue weighted by Crippen LogP contribution is -2.41. The Morgan fingerprint density at radius 1 is 1.75 bits per heavy atom. The van der Waals surface area contributed by atoms with Gasteiger partial charge in [0.1, 0.15) is 5.38 Å². The second-order valence-electron chi connectivity index (χ2n) is 1.39. The van der Waals surface area contributed by atoms with Crippen LogP contribution in [-0.4, -0.2) is 11.3 Å². The molecule has 0 saturated carbocycles. The highest BCUT2D eigenvalue weighted by Crippen LogP contribution is 1.98. The molecule has 0 saturated heterocycles. The first kappa shape index (κ1) is 5.44. The molecule has 2 N–H and O–H groups in total. The minimum Gasteiger partial charge on any atom is -0.306 e. The number of amides is 1. The molecule has 0 aromatic rings. The van der Waals surface area contributed by atoms with E-state index in [-0.39, 0.29) is 5.91 Å². The predicted octanol–water partition coefficient (Wildman–Crippen LogP) is -0.258. The summed E-state index contributed by atoms with van der Waals surface area (Å²) >= 11 is 5.43. The number of hydrogen-bond acceptors (Lipinski definition) is 2. The van der Waals surface area contributed by atoms with Crippen LogP contribution in [0.1, 0.15) is 0 Å². The molecule has 0 aromatic heterocycles. The molecule has 0 radical (unpaired) electrons. The lowest BCUT2D eigenvalue weighted by molar-refractivity contribution is -0.121. The summed E-state index contributed by atoms with van der Waals surface area (Å²) in [5, 5.41) is -0.517. The Morgan fingerprint density at radius 3 is 2.88 bits per heavy atom. The van der Waals surface area contributed by atoms with Crippen molar-refractivity contribution in [3.05, 3.63) is 12.3 Å². The van der Waals surface area contributed by atoms with E-state index < -0.39 is 5.38 Å². The van der Waals surface area contributed by atoms with Crippen LogP contribution in [0.3, 0.4) is 0 Å². The number of nitrogens with one attached hydrogen (secondary N) is 2. The van der Waals surface area contributed by atoms with E-state index in [1.807, 2.05) is 0 Å². The Morgan fingerprint density at radius 2 is 2.50 bits per heavy atom. The van der Waals surface area contributed by atoms with Gasteiger partial charge >= 0.3 is 0 Å². The van der Waals surface area contributed by atoms with Crippen LogP contribution in [0, 0.1) is 0 Å². The average molecular weight is 133 g/mol. The van der Waals surface area contributed by atoms with Crippen LogP contribution >= 0.6 is 11.6 Å². The summed E-state index contributed by atoms with van der Waals surface area (Å²) < 4.78 is 0. The average Bonchev–Trinajstić information content (AvgIpc) is 1.77. The summed E-state index contributed by atoms with van der Waals surface area (Å²) in [6.07, 6.45) is 3.15. The summed E-state index contributed by atoms with van der Waals surface area (Å²) in [5.74, 6) is -0.214. The zero-order chi connectivity index (χ0) is 5.98. The van der Waals surface area contributed by atoms with Crippen molar-refractivity contribution >= 4 is 17.5 Å². The van der Waals surface area contributed by atoms with Gasteiger partial charge < -0.3 is 5.43 Å². The molecule has 0 aliphatic carbocycles. The van der Waals surface area contributed by atoms with Crippen LogP contribution in [0.25, 0.3) is 0 Å². The van der Waals surface area contributed by atoms with Gasteiger partial charge in [0.2, 0.25) is 0 Å². The van der Waals surface area contributed by atoms with Gasteiger partial charge in [-0.05, 0) is 6.08 Å². The number of hydrazine groups is 1. The largest absolute Gasteiger partial charge is 0.306 e. The zero-order valence-electron chi connectivity index (χ0n) is 4.02. The van der Waals surface area contributed by atoms with E-state index in [0.717, 1.165) is 0 Å². The van der Waals surface area contributed by atoms with E-state index in [2.05, 4.69) is 10.9 Å². The van der Waals surface area contributed by atoms with Crippen molar-refractivity contribution in [2.24, 2.45) is 0 Å². The van der Waals surface area contributed by atoms with Crippen LogP contribution < -0.4 is 10.9 Å². The Balaban J connectivity index is 2.60. The maximum Gasteiger partial charge on any atom is 0.260 e. The third-order valence-electron chi connectivity index (χ3n) is 0.794. The molecule has 1 unspecified atom stereocenters. The molecule has 1 aliphatic heterocycles. The first-order valence-electron chi connectivity index (χ1n) is 2.17. The Kier molecular flexibility index (Phi) is 1.39. The molecule has 0 bridgehead atoms. The molecule has 44 valence electrons. The van der Waals surface area contributed by atoms with Crippen molar-refractivity contribution in [2.45, 2.75) is 5.38 Å². The molecular formula is C4H5ClN2O.